The predicted octanol–water partition coefficient (Wildman–Crippen LogP) is 3.34. The second kappa shape index (κ2) is 5.60. The van der Waals surface area contributed by atoms with Gasteiger partial charge >= 0.3 is 6.18 Å². The number of nitrogens with zero attached hydrogens (tertiary/aromatic N) is 1. The van der Waals surface area contributed by atoms with Crippen LogP contribution >= 0.6 is 15.9 Å². The molecule has 2 N–H and O–H groups in total. The van der Waals surface area contributed by atoms with Gasteiger partial charge in [-0.15, -0.1) is 0 Å². The highest BCUT2D eigenvalue weighted by molar-refractivity contribution is 9.10. The maximum atomic E-state index is 12.0. The zero-order valence-electron chi connectivity index (χ0n) is 9.59. The van der Waals surface area contributed by atoms with Gasteiger partial charge in [-0.2, -0.15) is 13.2 Å². The van der Waals surface area contributed by atoms with Crippen molar-refractivity contribution in [3.8, 4) is 0 Å². The second-order valence-electron chi connectivity index (χ2n) is 3.77. The van der Waals surface area contributed by atoms with Crippen LogP contribution in [0, 0.1) is 0 Å². The Hall–Kier alpha value is -1.24. The van der Waals surface area contributed by atoms with E-state index in [1.165, 1.54) is 7.05 Å². The molecule has 0 saturated carbocycles. The van der Waals surface area contributed by atoms with Crippen molar-refractivity contribution in [2.45, 2.75) is 19.0 Å². The monoisotopic (exact) mass is 324 g/mol. The van der Waals surface area contributed by atoms with Crippen molar-refractivity contribution in [2.75, 3.05) is 17.7 Å². The number of nitrogens with two attached hydrogens (primary N) is 1. The molecule has 1 aromatic carbocycles. The summed E-state index contributed by atoms with van der Waals surface area (Å²) in [6.07, 6.45) is -6.05. The van der Waals surface area contributed by atoms with Gasteiger partial charge in [0.05, 0.1) is 17.8 Å². The number of nitrogen functional groups attached to an aromatic ring is 1. The Morgan fingerprint density at radius 3 is 2.56 bits per heavy atom. The molecule has 7 heteroatoms. The molecular weight excluding hydrogens is 313 g/mol. The van der Waals surface area contributed by atoms with Crippen molar-refractivity contribution >= 4 is 33.2 Å². The van der Waals surface area contributed by atoms with Crippen LogP contribution in [0.1, 0.15) is 12.8 Å². The normalized spacial score (nSPS) is 11.4. The smallest absolute Gasteiger partial charge is 0.389 e. The molecule has 0 fully saturated rings. The van der Waals surface area contributed by atoms with Gasteiger partial charge in [0.15, 0.2) is 0 Å². The van der Waals surface area contributed by atoms with Crippen molar-refractivity contribution in [1.29, 1.82) is 0 Å². The van der Waals surface area contributed by atoms with Gasteiger partial charge in [0.2, 0.25) is 5.91 Å². The summed E-state index contributed by atoms with van der Waals surface area (Å²) in [7, 11) is 1.40. The third kappa shape index (κ3) is 4.21. The van der Waals surface area contributed by atoms with Gasteiger partial charge < -0.3 is 10.6 Å². The first-order valence-corrected chi connectivity index (χ1v) is 5.88. The van der Waals surface area contributed by atoms with E-state index in [1.54, 1.807) is 18.2 Å². The van der Waals surface area contributed by atoms with Crippen molar-refractivity contribution in [3.05, 3.63) is 22.7 Å². The van der Waals surface area contributed by atoms with Gasteiger partial charge in [-0.05, 0) is 18.2 Å². The fourth-order valence-electron chi connectivity index (χ4n) is 1.38. The molecule has 0 bridgehead atoms. The average molecular weight is 325 g/mol. The predicted molar refractivity (Wildman–Crippen MR) is 67.3 cm³/mol. The molecule has 100 valence electrons. The Bertz CT molecular complexity index is 448. The Kier molecular flexibility index (Phi) is 4.61. The highest BCUT2D eigenvalue weighted by atomic mass is 79.9. The minimum absolute atomic E-state index is 0.326. The summed E-state index contributed by atoms with van der Waals surface area (Å²) in [5, 5.41) is 0. The number of hydrogen-bond acceptors (Lipinski definition) is 2. The Labute approximate surface area is 111 Å². The van der Waals surface area contributed by atoms with E-state index in [0.29, 0.717) is 11.4 Å². The molecule has 0 radical (unpaired) electrons. The highest BCUT2D eigenvalue weighted by Crippen LogP contribution is 2.27. The molecule has 0 aliphatic rings. The van der Waals surface area contributed by atoms with Crippen LogP contribution in [-0.2, 0) is 4.79 Å². The van der Waals surface area contributed by atoms with E-state index in [0.717, 1.165) is 9.37 Å². The summed E-state index contributed by atoms with van der Waals surface area (Å²) < 4.78 is 36.8. The van der Waals surface area contributed by atoms with Crippen molar-refractivity contribution in [3.63, 3.8) is 0 Å². The van der Waals surface area contributed by atoms with Gasteiger partial charge in [-0.1, -0.05) is 15.9 Å². The Balaban J connectivity index is 2.74. The van der Waals surface area contributed by atoms with Gasteiger partial charge in [0.1, 0.15) is 0 Å². The summed E-state index contributed by atoms with van der Waals surface area (Å²) in [5.41, 5.74) is 6.42. The Morgan fingerprint density at radius 2 is 2.06 bits per heavy atom. The Morgan fingerprint density at radius 1 is 1.44 bits per heavy atom. The molecule has 1 rings (SSSR count). The van der Waals surface area contributed by atoms with Crippen LogP contribution in [0.5, 0.6) is 0 Å². The van der Waals surface area contributed by atoms with E-state index in [-0.39, 0.29) is 0 Å². The number of halogens is 4. The zero-order chi connectivity index (χ0) is 13.9. The van der Waals surface area contributed by atoms with Crippen molar-refractivity contribution < 1.29 is 18.0 Å². The maximum absolute atomic E-state index is 12.0. The topological polar surface area (TPSA) is 46.3 Å². The fraction of sp³-hybridized carbons (Fsp3) is 0.364. The molecule has 1 amide bonds. The van der Waals surface area contributed by atoms with E-state index in [9.17, 15) is 18.0 Å². The van der Waals surface area contributed by atoms with Crippen LogP contribution in [0.25, 0.3) is 0 Å². The van der Waals surface area contributed by atoms with E-state index in [2.05, 4.69) is 15.9 Å². The second-order valence-corrected chi connectivity index (χ2v) is 4.69. The first-order valence-electron chi connectivity index (χ1n) is 5.09. The zero-order valence-corrected chi connectivity index (χ0v) is 11.2. The molecule has 0 spiro atoms. The lowest BCUT2D eigenvalue weighted by atomic mass is 10.2. The molecule has 18 heavy (non-hydrogen) atoms. The summed E-state index contributed by atoms with van der Waals surface area (Å²) in [5.74, 6) is -0.624. The quantitative estimate of drug-likeness (QED) is 0.867. The fourth-order valence-corrected chi connectivity index (χ4v) is 1.76. The van der Waals surface area contributed by atoms with Crippen LogP contribution < -0.4 is 10.6 Å². The summed E-state index contributed by atoms with van der Waals surface area (Å²) >= 11 is 3.21. The number of anilines is 2. The van der Waals surface area contributed by atoms with E-state index >= 15 is 0 Å². The number of carbonyl (C=O) groups is 1. The molecule has 0 atom stereocenters. The van der Waals surface area contributed by atoms with E-state index in [4.69, 9.17) is 5.73 Å². The van der Waals surface area contributed by atoms with Gasteiger partial charge in [-0.25, -0.2) is 0 Å². The van der Waals surface area contributed by atoms with Crippen LogP contribution in [-0.4, -0.2) is 19.1 Å². The number of hydrogen-bond donors (Lipinski definition) is 1. The molecule has 0 unspecified atom stereocenters. The lowest BCUT2D eigenvalue weighted by Crippen LogP contribution is -2.28. The van der Waals surface area contributed by atoms with Gasteiger partial charge in [-0.3, -0.25) is 4.79 Å². The molecule has 3 nitrogen and oxygen atoms in total. The van der Waals surface area contributed by atoms with Gasteiger partial charge in [0.25, 0.3) is 0 Å². The first kappa shape index (κ1) is 14.8. The molecule has 0 aliphatic carbocycles. The number of benzene rings is 1. The van der Waals surface area contributed by atoms with Gasteiger partial charge in [0, 0.05) is 17.9 Å². The number of amides is 1. The molecule has 1 aromatic rings. The number of carbonyl (C=O) groups excluding carboxylic acids is 1. The number of rotatable bonds is 3. The minimum atomic E-state index is -4.33. The molecule has 0 aliphatic heterocycles. The summed E-state index contributed by atoms with van der Waals surface area (Å²) in [6, 6.07) is 4.83. The maximum Gasteiger partial charge on any atom is 0.389 e. The third-order valence-corrected chi connectivity index (χ3v) is 2.84. The van der Waals surface area contributed by atoms with Crippen molar-refractivity contribution in [2.24, 2.45) is 0 Å². The van der Waals surface area contributed by atoms with Crippen LogP contribution in [0.4, 0.5) is 24.5 Å². The molecular formula is C11H12BrF3N2O. The lowest BCUT2D eigenvalue weighted by Gasteiger charge is -2.19. The molecule has 0 saturated heterocycles. The standard InChI is InChI=1S/C11H12BrF3N2O/c1-17(10(18)4-5-11(13,14)15)9-3-2-7(12)6-8(9)16/h2-3,6H,4-5,16H2,1H3. The number of alkyl halides is 3. The highest BCUT2D eigenvalue weighted by Gasteiger charge is 2.29. The molecule has 0 aromatic heterocycles. The van der Waals surface area contributed by atoms with Crippen LogP contribution in [0.2, 0.25) is 0 Å². The molecule has 0 heterocycles. The van der Waals surface area contributed by atoms with E-state index in [1.807, 2.05) is 0 Å². The largest absolute Gasteiger partial charge is 0.397 e. The minimum Gasteiger partial charge on any atom is -0.397 e. The van der Waals surface area contributed by atoms with Crippen molar-refractivity contribution in [1.82, 2.24) is 0 Å². The van der Waals surface area contributed by atoms with E-state index < -0.39 is 24.9 Å². The average Bonchev–Trinajstić information content (AvgIpc) is 2.24. The third-order valence-electron chi connectivity index (χ3n) is 2.35. The lowest BCUT2D eigenvalue weighted by molar-refractivity contribution is -0.142. The summed E-state index contributed by atoms with van der Waals surface area (Å²) in [4.78, 5) is 12.7. The van der Waals surface area contributed by atoms with Crippen LogP contribution in [0.3, 0.4) is 0 Å². The summed E-state index contributed by atoms with van der Waals surface area (Å²) in [6.45, 7) is 0. The SMILES string of the molecule is CN(C(=O)CCC(F)(F)F)c1ccc(Br)cc1N. The van der Waals surface area contributed by atoms with Crippen LogP contribution in [0.15, 0.2) is 22.7 Å². The first-order chi connectivity index (χ1) is 8.20.